The molecule has 0 aromatic heterocycles. The molecule has 0 bridgehead atoms. The molecule has 104 valence electrons. The van der Waals surface area contributed by atoms with E-state index in [9.17, 15) is 4.79 Å². The zero-order chi connectivity index (χ0) is 13.4. The van der Waals surface area contributed by atoms with Gasteiger partial charge in [-0.25, -0.2) is 4.79 Å². The second kappa shape index (κ2) is 4.72. The Balaban J connectivity index is 2.08. The molecule has 4 nitrogen and oxygen atoms in total. The number of carbonyl (C=O) groups excluding carboxylic acids is 1. The van der Waals surface area contributed by atoms with Crippen LogP contribution in [-0.2, 0) is 4.74 Å². The quantitative estimate of drug-likeness (QED) is 0.782. The molecule has 1 heterocycles. The first-order valence-electron chi connectivity index (χ1n) is 7.10. The Morgan fingerprint density at radius 2 is 1.94 bits per heavy atom. The van der Waals surface area contributed by atoms with E-state index >= 15 is 0 Å². The van der Waals surface area contributed by atoms with Crippen molar-refractivity contribution in [2.24, 2.45) is 5.73 Å². The van der Waals surface area contributed by atoms with E-state index in [1.54, 1.807) is 0 Å². The molecule has 0 radical (unpaired) electrons. The van der Waals surface area contributed by atoms with Gasteiger partial charge in [0.25, 0.3) is 0 Å². The fourth-order valence-corrected chi connectivity index (χ4v) is 2.72. The van der Waals surface area contributed by atoms with Gasteiger partial charge in [0, 0.05) is 12.1 Å². The Morgan fingerprint density at radius 1 is 1.28 bits per heavy atom. The Kier molecular flexibility index (Phi) is 3.58. The molecule has 2 fully saturated rings. The molecule has 1 saturated heterocycles. The summed E-state index contributed by atoms with van der Waals surface area (Å²) in [6, 6.07) is 0.176. The van der Waals surface area contributed by atoms with Crippen molar-refractivity contribution < 1.29 is 9.53 Å². The molecule has 2 aliphatic rings. The highest BCUT2D eigenvalue weighted by molar-refractivity contribution is 5.69. The maximum absolute atomic E-state index is 12.3. The standard InChI is InChI=1S/C14H26N2O2/c1-13(2,3)18-12(17)16-10-6-4-5-7-11(16)14(15)8-9-14/h11H,4-10,15H2,1-3H3. The smallest absolute Gasteiger partial charge is 0.410 e. The fourth-order valence-electron chi connectivity index (χ4n) is 2.72. The molecule has 2 rings (SSSR count). The van der Waals surface area contributed by atoms with Crippen LogP contribution < -0.4 is 5.73 Å². The van der Waals surface area contributed by atoms with Crippen molar-refractivity contribution >= 4 is 6.09 Å². The number of likely N-dealkylation sites (tertiary alicyclic amines) is 1. The number of hydrogen-bond donors (Lipinski definition) is 1. The van der Waals surface area contributed by atoms with Crippen LogP contribution in [0.1, 0.15) is 59.3 Å². The first kappa shape index (κ1) is 13.7. The normalized spacial score (nSPS) is 27.6. The summed E-state index contributed by atoms with van der Waals surface area (Å²) in [4.78, 5) is 14.2. The number of hydrogen-bond acceptors (Lipinski definition) is 3. The molecule has 1 unspecified atom stereocenters. The van der Waals surface area contributed by atoms with E-state index in [4.69, 9.17) is 10.5 Å². The minimum absolute atomic E-state index is 0.138. The molecule has 1 aliphatic carbocycles. The molecule has 0 aromatic rings. The molecule has 0 spiro atoms. The molecule has 1 atom stereocenters. The lowest BCUT2D eigenvalue weighted by atomic mass is 10.0. The van der Waals surface area contributed by atoms with E-state index < -0.39 is 5.60 Å². The summed E-state index contributed by atoms with van der Waals surface area (Å²) in [5.41, 5.74) is 5.76. The summed E-state index contributed by atoms with van der Waals surface area (Å²) in [6.45, 7) is 6.52. The molecular weight excluding hydrogens is 228 g/mol. The van der Waals surface area contributed by atoms with Crippen molar-refractivity contribution in [3.8, 4) is 0 Å². The van der Waals surface area contributed by atoms with Crippen LogP contribution in [0.4, 0.5) is 4.79 Å². The topological polar surface area (TPSA) is 55.6 Å². The highest BCUT2D eigenvalue weighted by atomic mass is 16.6. The van der Waals surface area contributed by atoms with Crippen LogP contribution in [0.3, 0.4) is 0 Å². The molecule has 1 saturated carbocycles. The average Bonchev–Trinajstić information content (AvgIpc) is 2.98. The minimum atomic E-state index is -0.431. The summed E-state index contributed by atoms with van der Waals surface area (Å²) >= 11 is 0. The number of rotatable bonds is 1. The predicted molar refractivity (Wildman–Crippen MR) is 71.3 cm³/mol. The second-order valence-corrected chi connectivity index (χ2v) is 6.77. The van der Waals surface area contributed by atoms with Crippen LogP contribution in [0.15, 0.2) is 0 Å². The zero-order valence-corrected chi connectivity index (χ0v) is 11.9. The lowest BCUT2D eigenvalue weighted by Crippen LogP contribution is -2.53. The Bertz CT molecular complexity index is 318. The van der Waals surface area contributed by atoms with Gasteiger partial charge in [-0.2, -0.15) is 0 Å². The average molecular weight is 254 g/mol. The van der Waals surface area contributed by atoms with Gasteiger partial charge in [0.2, 0.25) is 0 Å². The second-order valence-electron chi connectivity index (χ2n) is 6.77. The minimum Gasteiger partial charge on any atom is -0.444 e. The van der Waals surface area contributed by atoms with Gasteiger partial charge in [-0.3, -0.25) is 0 Å². The van der Waals surface area contributed by atoms with Gasteiger partial charge in [-0.15, -0.1) is 0 Å². The Hall–Kier alpha value is -0.770. The molecule has 1 aliphatic heterocycles. The van der Waals surface area contributed by atoms with Crippen LogP contribution >= 0.6 is 0 Å². The van der Waals surface area contributed by atoms with Crippen molar-refractivity contribution in [1.82, 2.24) is 4.90 Å². The monoisotopic (exact) mass is 254 g/mol. The third-order valence-electron chi connectivity index (χ3n) is 3.87. The SMILES string of the molecule is CC(C)(C)OC(=O)N1CCCCCC1C1(N)CC1. The maximum atomic E-state index is 12.3. The van der Waals surface area contributed by atoms with Gasteiger partial charge >= 0.3 is 6.09 Å². The van der Waals surface area contributed by atoms with Gasteiger partial charge in [-0.1, -0.05) is 12.8 Å². The van der Waals surface area contributed by atoms with E-state index in [1.165, 1.54) is 12.8 Å². The summed E-state index contributed by atoms with van der Waals surface area (Å²) < 4.78 is 5.52. The fraction of sp³-hybridized carbons (Fsp3) is 0.929. The van der Waals surface area contributed by atoms with Gasteiger partial charge in [0.05, 0.1) is 6.04 Å². The van der Waals surface area contributed by atoms with Gasteiger partial charge in [0.15, 0.2) is 0 Å². The number of nitrogens with zero attached hydrogens (tertiary/aromatic N) is 1. The first-order chi connectivity index (χ1) is 8.32. The van der Waals surface area contributed by atoms with Crippen molar-refractivity contribution in [2.75, 3.05) is 6.54 Å². The van der Waals surface area contributed by atoms with E-state index in [-0.39, 0.29) is 17.7 Å². The van der Waals surface area contributed by atoms with Crippen molar-refractivity contribution in [2.45, 2.75) is 76.5 Å². The third-order valence-corrected chi connectivity index (χ3v) is 3.87. The summed E-state index contributed by atoms with van der Waals surface area (Å²) in [7, 11) is 0. The van der Waals surface area contributed by atoms with E-state index in [2.05, 4.69) is 0 Å². The highest BCUT2D eigenvalue weighted by Gasteiger charge is 2.50. The molecule has 1 amide bonds. The lowest BCUT2D eigenvalue weighted by Gasteiger charge is -2.35. The van der Waals surface area contributed by atoms with Crippen LogP contribution in [0.5, 0.6) is 0 Å². The zero-order valence-electron chi connectivity index (χ0n) is 11.9. The number of amides is 1. The predicted octanol–water partition coefficient (Wildman–Crippen LogP) is 2.66. The summed E-state index contributed by atoms with van der Waals surface area (Å²) in [5, 5.41) is 0. The molecule has 2 N–H and O–H groups in total. The number of carbonyl (C=O) groups is 1. The summed E-state index contributed by atoms with van der Waals surface area (Å²) in [6.07, 6.45) is 6.33. The molecule has 0 aromatic carbocycles. The van der Waals surface area contributed by atoms with Crippen LogP contribution in [0.2, 0.25) is 0 Å². The van der Waals surface area contributed by atoms with Crippen LogP contribution in [0, 0.1) is 0 Å². The van der Waals surface area contributed by atoms with Crippen molar-refractivity contribution in [3.63, 3.8) is 0 Å². The molecule has 18 heavy (non-hydrogen) atoms. The highest BCUT2D eigenvalue weighted by Crippen LogP contribution is 2.41. The van der Waals surface area contributed by atoms with Gasteiger partial charge in [0.1, 0.15) is 5.60 Å². The maximum Gasteiger partial charge on any atom is 0.410 e. The third kappa shape index (κ3) is 3.16. The number of ether oxygens (including phenoxy) is 1. The Labute approximate surface area is 110 Å². The largest absolute Gasteiger partial charge is 0.444 e. The lowest BCUT2D eigenvalue weighted by molar-refractivity contribution is 0.0128. The van der Waals surface area contributed by atoms with Crippen LogP contribution in [0.25, 0.3) is 0 Å². The molecule has 4 heteroatoms. The van der Waals surface area contributed by atoms with E-state index in [1.807, 2.05) is 25.7 Å². The summed E-state index contributed by atoms with van der Waals surface area (Å²) in [5.74, 6) is 0. The van der Waals surface area contributed by atoms with Crippen molar-refractivity contribution in [3.05, 3.63) is 0 Å². The van der Waals surface area contributed by atoms with Crippen molar-refractivity contribution in [1.29, 1.82) is 0 Å². The van der Waals surface area contributed by atoms with Gasteiger partial charge in [-0.05, 0) is 46.5 Å². The molecular formula is C14H26N2O2. The van der Waals surface area contributed by atoms with Crippen LogP contribution in [-0.4, -0.2) is 34.7 Å². The van der Waals surface area contributed by atoms with E-state index in [0.717, 1.165) is 32.2 Å². The van der Waals surface area contributed by atoms with E-state index in [0.29, 0.717) is 0 Å². The Morgan fingerprint density at radius 3 is 2.50 bits per heavy atom. The van der Waals surface area contributed by atoms with Gasteiger partial charge < -0.3 is 15.4 Å². The first-order valence-corrected chi connectivity index (χ1v) is 7.10. The number of nitrogens with two attached hydrogens (primary N) is 1.